The van der Waals surface area contributed by atoms with E-state index in [9.17, 15) is 23.2 Å². The molecular weight excluding hydrogens is 668 g/mol. The van der Waals surface area contributed by atoms with Crippen molar-refractivity contribution in [3.8, 4) is 16.8 Å². The number of aromatic nitrogens is 5. The molecule has 0 bridgehead atoms. The molecule has 4 aromatic heterocycles. The van der Waals surface area contributed by atoms with E-state index >= 15 is 0 Å². The molecule has 3 N–H and O–H groups in total. The zero-order valence-electron chi connectivity index (χ0n) is 28.5. The topological polar surface area (TPSA) is 136 Å². The lowest BCUT2D eigenvalue weighted by molar-refractivity contribution is 0.0917. The summed E-state index contributed by atoms with van der Waals surface area (Å²) in [5, 5.41) is 15.2. The molecule has 1 saturated carbocycles. The number of hydrogen-bond donors (Lipinski definition) is 3. The molecule has 1 fully saturated rings. The Kier molecular flexibility index (Phi) is 10.3. The fraction of sp³-hybridized carbons (Fsp3) is 0.308. The summed E-state index contributed by atoms with van der Waals surface area (Å²) < 4.78 is 32.2. The van der Waals surface area contributed by atoms with Gasteiger partial charge < -0.3 is 20.1 Å². The first-order valence-corrected chi connectivity index (χ1v) is 17.6. The molecule has 0 aliphatic heterocycles. The van der Waals surface area contributed by atoms with Crippen molar-refractivity contribution in [3.63, 3.8) is 0 Å². The minimum atomic E-state index is -0.683. The number of aliphatic hydroxyl groups excluding tert-OH is 1. The zero-order chi connectivity index (χ0) is 36.2. The second-order valence-corrected chi connectivity index (χ2v) is 13.2. The fourth-order valence-electron chi connectivity index (χ4n) is 6.98. The molecule has 52 heavy (non-hydrogen) atoms. The number of nitrogens with one attached hydrogen (secondary N) is 2. The monoisotopic (exact) mass is 707 g/mol. The molecule has 0 radical (unpaired) electrons. The van der Waals surface area contributed by atoms with Crippen LogP contribution in [0.3, 0.4) is 0 Å². The quantitative estimate of drug-likeness (QED) is 0.153. The number of carbonyl (C=O) groups excluding carboxylic acids is 1. The number of benzene rings is 2. The number of rotatable bonds is 12. The Bertz CT molecular complexity index is 2340. The van der Waals surface area contributed by atoms with Gasteiger partial charge >= 0.3 is 5.69 Å². The lowest BCUT2D eigenvalue weighted by Gasteiger charge is -2.30. The van der Waals surface area contributed by atoms with Crippen LogP contribution in [-0.4, -0.2) is 60.3 Å². The average molecular weight is 708 g/mol. The lowest BCUT2D eigenvalue weighted by Crippen LogP contribution is -2.45. The third kappa shape index (κ3) is 7.41. The zero-order valence-corrected chi connectivity index (χ0v) is 28.5. The number of carbonyl (C=O) groups is 1. The molecule has 0 unspecified atom stereocenters. The predicted octanol–water partition coefficient (Wildman–Crippen LogP) is 4.96. The maximum atomic E-state index is 14.5. The standard InChI is InChI=1S/C39H39F2N7O4/c40-28-11-16-35-45-34(24-46(35)23-28)37(50)44-30-12-14-31(15-13-30)48-38(51)33-21-29(41)22-43-36(33)47(39(48)52)32-6-1-5-27(20-32)26-9-7-25(8-10-26)4-2-17-42-18-3-19-49/h1,5-11,16,20-24,30-31,42,49H,2-4,12-15,17-19H2,(H,44,50). The van der Waals surface area contributed by atoms with Crippen LogP contribution in [0.4, 0.5) is 8.78 Å². The van der Waals surface area contributed by atoms with E-state index in [1.807, 2.05) is 30.3 Å². The van der Waals surface area contributed by atoms with Crippen molar-refractivity contribution in [1.29, 1.82) is 0 Å². The van der Waals surface area contributed by atoms with Crippen LogP contribution in [0.15, 0.2) is 94.9 Å². The van der Waals surface area contributed by atoms with Gasteiger partial charge in [-0.15, -0.1) is 0 Å². The molecule has 268 valence electrons. The SMILES string of the molecule is O=C(NC1CCC(n2c(=O)c3cc(F)cnc3n(-c3cccc(-c4ccc(CCCNCCCO)cc4)c3)c2=O)CC1)c1cn2cc(F)ccc2n1. The van der Waals surface area contributed by atoms with E-state index in [0.29, 0.717) is 37.0 Å². The minimum absolute atomic E-state index is 0.00100. The number of fused-ring (bicyclic) bond motifs is 2. The van der Waals surface area contributed by atoms with Crippen molar-refractivity contribution in [3.05, 3.63) is 129 Å². The van der Waals surface area contributed by atoms with Crippen molar-refractivity contribution in [1.82, 2.24) is 34.1 Å². The van der Waals surface area contributed by atoms with E-state index < -0.39 is 34.8 Å². The highest BCUT2D eigenvalue weighted by Crippen LogP contribution is 2.29. The third-order valence-corrected chi connectivity index (χ3v) is 9.66. The van der Waals surface area contributed by atoms with E-state index in [2.05, 4.69) is 32.7 Å². The highest BCUT2D eigenvalue weighted by atomic mass is 19.1. The summed E-state index contributed by atoms with van der Waals surface area (Å²) in [5.74, 6) is -1.52. The van der Waals surface area contributed by atoms with Crippen molar-refractivity contribution in [2.75, 3.05) is 19.7 Å². The van der Waals surface area contributed by atoms with E-state index in [4.69, 9.17) is 5.11 Å². The molecule has 2 aromatic carbocycles. The van der Waals surface area contributed by atoms with Crippen LogP contribution in [0.25, 0.3) is 33.5 Å². The Balaban J connectivity index is 1.11. The number of amides is 1. The molecular formula is C39H39F2N7O4. The predicted molar refractivity (Wildman–Crippen MR) is 194 cm³/mol. The number of hydrogen-bond acceptors (Lipinski definition) is 7. The van der Waals surface area contributed by atoms with Gasteiger partial charge in [-0.1, -0.05) is 36.4 Å². The van der Waals surface area contributed by atoms with Crippen LogP contribution < -0.4 is 21.9 Å². The van der Waals surface area contributed by atoms with Gasteiger partial charge in [0.05, 0.1) is 17.3 Å². The molecule has 0 atom stereocenters. The maximum Gasteiger partial charge on any atom is 0.337 e. The summed E-state index contributed by atoms with van der Waals surface area (Å²) in [7, 11) is 0. The number of pyridine rings is 2. The Morgan fingerprint density at radius 3 is 2.46 bits per heavy atom. The summed E-state index contributed by atoms with van der Waals surface area (Å²) in [6.45, 7) is 1.85. The van der Waals surface area contributed by atoms with Gasteiger partial charge in [0.1, 0.15) is 23.0 Å². The summed E-state index contributed by atoms with van der Waals surface area (Å²) in [6.07, 6.45) is 8.19. The molecule has 11 nitrogen and oxygen atoms in total. The van der Waals surface area contributed by atoms with Crippen LogP contribution in [0, 0.1) is 11.6 Å². The molecule has 13 heteroatoms. The van der Waals surface area contributed by atoms with Gasteiger partial charge in [-0.3, -0.25) is 14.2 Å². The van der Waals surface area contributed by atoms with Crippen molar-refractivity contribution < 1.29 is 18.7 Å². The molecule has 1 aliphatic carbocycles. The van der Waals surface area contributed by atoms with Crippen molar-refractivity contribution in [2.24, 2.45) is 0 Å². The van der Waals surface area contributed by atoms with E-state index in [1.165, 1.54) is 43.6 Å². The number of nitrogens with zero attached hydrogens (tertiary/aromatic N) is 5. The molecule has 0 saturated heterocycles. The maximum absolute atomic E-state index is 14.5. The smallest absolute Gasteiger partial charge is 0.337 e. The van der Waals surface area contributed by atoms with E-state index in [1.54, 1.807) is 6.07 Å². The van der Waals surface area contributed by atoms with Crippen LogP contribution in [0.1, 0.15) is 60.6 Å². The Morgan fingerprint density at radius 2 is 1.67 bits per heavy atom. The molecule has 0 spiro atoms. The second kappa shape index (κ2) is 15.4. The second-order valence-electron chi connectivity index (χ2n) is 13.2. The summed E-state index contributed by atoms with van der Waals surface area (Å²) >= 11 is 0. The minimum Gasteiger partial charge on any atom is -0.396 e. The first-order valence-electron chi connectivity index (χ1n) is 17.6. The van der Waals surface area contributed by atoms with Crippen molar-refractivity contribution >= 4 is 22.6 Å². The lowest BCUT2D eigenvalue weighted by atomic mass is 9.90. The largest absolute Gasteiger partial charge is 0.396 e. The van der Waals surface area contributed by atoms with Gasteiger partial charge in [0.25, 0.3) is 11.5 Å². The summed E-state index contributed by atoms with van der Waals surface area (Å²) in [6, 6.07) is 18.8. The highest BCUT2D eigenvalue weighted by molar-refractivity contribution is 5.93. The van der Waals surface area contributed by atoms with Gasteiger partial charge in [-0.2, -0.15) is 0 Å². The highest BCUT2D eigenvalue weighted by Gasteiger charge is 2.28. The van der Waals surface area contributed by atoms with Gasteiger partial charge in [-0.25, -0.2) is 28.1 Å². The molecule has 4 heterocycles. The number of aliphatic hydroxyl groups is 1. The Morgan fingerprint density at radius 1 is 0.885 bits per heavy atom. The Hall–Kier alpha value is -5.53. The summed E-state index contributed by atoms with van der Waals surface area (Å²) in [5.41, 5.74) is 3.01. The fourth-order valence-corrected chi connectivity index (χ4v) is 6.98. The van der Waals surface area contributed by atoms with Gasteiger partial charge in [0.15, 0.2) is 5.65 Å². The number of halogens is 2. The third-order valence-electron chi connectivity index (χ3n) is 9.66. The van der Waals surface area contributed by atoms with Crippen molar-refractivity contribution in [2.45, 2.75) is 57.0 Å². The van der Waals surface area contributed by atoms with Crippen LogP contribution in [-0.2, 0) is 6.42 Å². The van der Waals surface area contributed by atoms with E-state index in [0.717, 1.165) is 55.7 Å². The molecule has 1 amide bonds. The van der Waals surface area contributed by atoms with Crippen LogP contribution in [0.2, 0.25) is 0 Å². The molecule has 7 rings (SSSR count). The molecule has 1 aliphatic rings. The van der Waals surface area contributed by atoms with Crippen LogP contribution >= 0.6 is 0 Å². The first kappa shape index (κ1) is 34.9. The normalized spacial score (nSPS) is 16.1. The molecule has 6 aromatic rings. The number of imidazole rings is 1. The summed E-state index contributed by atoms with van der Waals surface area (Å²) in [4.78, 5) is 49.6. The average Bonchev–Trinajstić information content (AvgIpc) is 3.58. The Labute approximate surface area is 297 Å². The van der Waals surface area contributed by atoms with E-state index in [-0.39, 0.29) is 29.4 Å². The first-order chi connectivity index (χ1) is 25.3. The van der Waals surface area contributed by atoms with Gasteiger partial charge in [0, 0.05) is 31.1 Å². The number of aryl methyl sites for hydroxylation is 1. The van der Waals surface area contributed by atoms with Gasteiger partial charge in [-0.05, 0) is 105 Å². The van der Waals surface area contributed by atoms with Crippen LogP contribution in [0.5, 0.6) is 0 Å². The van der Waals surface area contributed by atoms with Gasteiger partial charge in [0.2, 0.25) is 0 Å².